The van der Waals surface area contributed by atoms with E-state index in [0.717, 1.165) is 48.0 Å². The minimum Gasteiger partial charge on any atom is -0.497 e. The second-order valence-corrected chi connectivity index (χ2v) is 8.92. The van der Waals surface area contributed by atoms with Gasteiger partial charge in [-0.2, -0.15) is 0 Å². The highest BCUT2D eigenvalue weighted by atomic mass is 35.5. The zero-order valence-corrected chi connectivity index (χ0v) is 20.1. The van der Waals surface area contributed by atoms with E-state index in [1.165, 1.54) is 12.8 Å². The average molecular weight is 466 g/mol. The minimum absolute atomic E-state index is 0.105. The maximum Gasteiger partial charge on any atom is 0.220 e. The second kappa shape index (κ2) is 10.9. The summed E-state index contributed by atoms with van der Waals surface area (Å²) >= 11 is 6.11. The van der Waals surface area contributed by atoms with E-state index in [9.17, 15) is 4.79 Å². The van der Waals surface area contributed by atoms with Crippen molar-refractivity contribution in [1.82, 2.24) is 14.8 Å². The Balaban J connectivity index is 1.51. The Morgan fingerprint density at radius 3 is 2.55 bits per heavy atom. The average Bonchev–Trinajstić information content (AvgIpc) is 3.48. The van der Waals surface area contributed by atoms with Crippen LogP contribution < -0.4 is 10.1 Å². The van der Waals surface area contributed by atoms with Gasteiger partial charge < -0.3 is 14.6 Å². The highest BCUT2D eigenvalue weighted by molar-refractivity contribution is 6.30. The highest BCUT2D eigenvalue weighted by Gasteiger charge is 2.23. The number of halogens is 1. The van der Waals surface area contributed by atoms with Crippen LogP contribution in [-0.2, 0) is 11.2 Å². The molecule has 0 spiro atoms. The van der Waals surface area contributed by atoms with Crippen molar-refractivity contribution in [2.45, 2.75) is 38.6 Å². The van der Waals surface area contributed by atoms with E-state index in [-0.39, 0.29) is 5.91 Å². The molecule has 0 bridgehead atoms. The first-order valence-corrected chi connectivity index (χ1v) is 12.1. The Bertz CT molecular complexity index is 1060. The largest absolute Gasteiger partial charge is 0.497 e. The van der Waals surface area contributed by atoms with Gasteiger partial charge in [0.1, 0.15) is 5.75 Å². The van der Waals surface area contributed by atoms with Gasteiger partial charge in [0.15, 0.2) is 0 Å². The molecular formula is C27H32ClN3O2. The van der Waals surface area contributed by atoms with Gasteiger partial charge in [-0.1, -0.05) is 30.7 Å². The number of amides is 1. The number of hydrogen-bond donors (Lipinski definition) is 1. The monoisotopic (exact) mass is 465 g/mol. The normalized spacial score (nSPS) is 16.2. The number of methoxy groups -OCH3 is 1. The molecule has 174 valence electrons. The summed E-state index contributed by atoms with van der Waals surface area (Å²) in [6.45, 7) is 5.11. The van der Waals surface area contributed by atoms with Crippen molar-refractivity contribution in [3.63, 3.8) is 0 Å². The van der Waals surface area contributed by atoms with E-state index in [1.54, 1.807) is 7.11 Å². The fourth-order valence-corrected chi connectivity index (χ4v) is 4.79. The molecule has 33 heavy (non-hydrogen) atoms. The van der Waals surface area contributed by atoms with Crippen molar-refractivity contribution in [2.75, 3.05) is 26.7 Å². The van der Waals surface area contributed by atoms with E-state index in [4.69, 9.17) is 16.3 Å². The molecule has 1 unspecified atom stereocenters. The lowest BCUT2D eigenvalue weighted by Gasteiger charge is -2.22. The topological polar surface area (TPSA) is 46.5 Å². The van der Waals surface area contributed by atoms with Crippen molar-refractivity contribution in [1.29, 1.82) is 0 Å². The summed E-state index contributed by atoms with van der Waals surface area (Å²) in [5.41, 5.74) is 4.27. The molecule has 2 heterocycles. The Morgan fingerprint density at radius 2 is 1.85 bits per heavy atom. The summed E-state index contributed by atoms with van der Waals surface area (Å²) in [5, 5.41) is 3.87. The van der Waals surface area contributed by atoms with Gasteiger partial charge in [-0.25, -0.2) is 0 Å². The van der Waals surface area contributed by atoms with Crippen LogP contribution in [0.3, 0.4) is 0 Å². The van der Waals surface area contributed by atoms with Crippen molar-refractivity contribution < 1.29 is 9.53 Å². The van der Waals surface area contributed by atoms with Crippen LogP contribution in [-0.4, -0.2) is 48.2 Å². The molecular weight excluding hydrogens is 434 g/mol. The molecule has 0 saturated carbocycles. The molecule has 1 saturated heterocycles. The molecule has 1 fully saturated rings. The van der Waals surface area contributed by atoms with Crippen LogP contribution in [0.25, 0.3) is 16.9 Å². The smallest absolute Gasteiger partial charge is 0.220 e. The van der Waals surface area contributed by atoms with Crippen molar-refractivity contribution in [3.05, 3.63) is 71.4 Å². The van der Waals surface area contributed by atoms with Crippen molar-refractivity contribution in [3.8, 4) is 22.7 Å². The van der Waals surface area contributed by atoms with Crippen molar-refractivity contribution in [2.24, 2.45) is 0 Å². The van der Waals surface area contributed by atoms with Crippen LogP contribution in [0.5, 0.6) is 5.75 Å². The quantitative estimate of drug-likeness (QED) is 0.464. The number of carbonyl (C=O) groups is 1. The minimum atomic E-state index is 0.105. The maximum atomic E-state index is 12.6. The van der Waals surface area contributed by atoms with Crippen LogP contribution in [0.4, 0.5) is 0 Å². The number of aromatic nitrogens is 1. The summed E-state index contributed by atoms with van der Waals surface area (Å²) in [6.07, 6.45) is 3.50. The van der Waals surface area contributed by atoms with Crippen LogP contribution in [0.15, 0.2) is 60.7 Å². The molecule has 0 aliphatic carbocycles. The molecule has 1 amide bonds. The van der Waals surface area contributed by atoms with Crippen molar-refractivity contribution >= 4 is 17.5 Å². The van der Waals surface area contributed by atoms with E-state index in [0.29, 0.717) is 23.9 Å². The van der Waals surface area contributed by atoms with E-state index < -0.39 is 0 Å². The number of hydrogen-bond acceptors (Lipinski definition) is 3. The first-order chi connectivity index (χ1) is 16.1. The number of nitrogens with one attached hydrogen (secondary N) is 1. The van der Waals surface area contributed by atoms with E-state index >= 15 is 0 Å². The number of nitrogens with zero attached hydrogens (tertiary/aromatic N) is 2. The van der Waals surface area contributed by atoms with Gasteiger partial charge in [0, 0.05) is 35.4 Å². The molecule has 1 atom stereocenters. The van der Waals surface area contributed by atoms with Crippen LogP contribution in [0.1, 0.15) is 31.9 Å². The lowest BCUT2D eigenvalue weighted by atomic mass is 10.1. The SMILES string of the molecule is CCN1CCCC1CNC(=O)CCc1ccc(-c2ccc(Cl)cc2)n1-c1ccc(OC)cc1. The molecule has 3 aromatic rings. The van der Waals surface area contributed by atoms with E-state index in [2.05, 4.69) is 33.8 Å². The fourth-order valence-electron chi connectivity index (χ4n) is 4.66. The zero-order chi connectivity index (χ0) is 23.2. The molecule has 6 heteroatoms. The summed E-state index contributed by atoms with van der Waals surface area (Å²) < 4.78 is 7.54. The molecule has 1 aromatic heterocycles. The van der Waals surface area contributed by atoms with Crippen LogP contribution in [0.2, 0.25) is 5.02 Å². The van der Waals surface area contributed by atoms with Crippen LogP contribution >= 0.6 is 11.6 Å². The van der Waals surface area contributed by atoms with Crippen LogP contribution in [0, 0.1) is 0 Å². The second-order valence-electron chi connectivity index (χ2n) is 8.48. The third kappa shape index (κ3) is 5.60. The molecule has 1 N–H and O–H groups in total. The third-order valence-corrected chi connectivity index (χ3v) is 6.73. The molecule has 1 aliphatic heterocycles. The predicted molar refractivity (Wildman–Crippen MR) is 134 cm³/mol. The van der Waals surface area contributed by atoms with Gasteiger partial charge in [-0.3, -0.25) is 9.69 Å². The number of carbonyl (C=O) groups excluding carboxylic acids is 1. The Hall–Kier alpha value is -2.76. The third-order valence-electron chi connectivity index (χ3n) is 6.48. The number of benzene rings is 2. The Kier molecular flexibility index (Phi) is 7.73. The summed E-state index contributed by atoms with van der Waals surface area (Å²) in [5.74, 6) is 0.918. The van der Waals surface area contributed by atoms with Gasteiger partial charge in [-0.15, -0.1) is 0 Å². The van der Waals surface area contributed by atoms with Gasteiger partial charge in [0.2, 0.25) is 5.91 Å². The lowest BCUT2D eigenvalue weighted by molar-refractivity contribution is -0.121. The fraction of sp³-hybridized carbons (Fsp3) is 0.370. The molecule has 5 nitrogen and oxygen atoms in total. The summed E-state index contributed by atoms with van der Waals surface area (Å²) in [6, 6.07) is 20.5. The molecule has 0 radical (unpaired) electrons. The molecule has 2 aromatic carbocycles. The Labute approximate surface area is 201 Å². The van der Waals surface area contributed by atoms with E-state index in [1.807, 2.05) is 48.5 Å². The lowest BCUT2D eigenvalue weighted by Crippen LogP contribution is -2.40. The first kappa shape index (κ1) is 23.4. The number of likely N-dealkylation sites (tertiary alicyclic amines) is 1. The number of rotatable bonds is 9. The number of ether oxygens (including phenoxy) is 1. The number of aryl methyl sites for hydroxylation is 1. The first-order valence-electron chi connectivity index (χ1n) is 11.7. The Morgan fingerprint density at radius 1 is 1.09 bits per heavy atom. The van der Waals surface area contributed by atoms with Gasteiger partial charge in [-0.05, 0) is 86.4 Å². The number of likely N-dealkylation sites (N-methyl/N-ethyl adjacent to an activating group) is 1. The maximum absolute atomic E-state index is 12.6. The van der Waals surface area contributed by atoms with Gasteiger partial charge in [0.05, 0.1) is 12.8 Å². The standard InChI is InChI=1S/C27H32ClN3O2/c1-3-30-18-4-5-24(30)19-29-27(32)17-13-23-12-16-26(20-6-8-21(28)9-7-20)31(23)22-10-14-25(33-2)15-11-22/h6-12,14-16,24H,3-5,13,17-19H2,1-2H3,(H,29,32). The predicted octanol–water partition coefficient (Wildman–Crippen LogP) is 5.34. The highest BCUT2D eigenvalue weighted by Crippen LogP contribution is 2.29. The molecule has 1 aliphatic rings. The summed E-state index contributed by atoms with van der Waals surface area (Å²) in [7, 11) is 1.67. The zero-order valence-electron chi connectivity index (χ0n) is 19.4. The molecule has 4 rings (SSSR count). The summed E-state index contributed by atoms with van der Waals surface area (Å²) in [4.78, 5) is 15.1. The van der Waals surface area contributed by atoms with Gasteiger partial charge >= 0.3 is 0 Å². The van der Waals surface area contributed by atoms with Gasteiger partial charge in [0.25, 0.3) is 0 Å².